The fourth-order valence-corrected chi connectivity index (χ4v) is 3.65. The molecular weight excluding hydrogens is 437 g/mol. The summed E-state index contributed by atoms with van der Waals surface area (Å²) in [5.74, 6) is -1.59. The van der Waals surface area contributed by atoms with E-state index in [9.17, 15) is 19.1 Å². The van der Waals surface area contributed by atoms with Crippen molar-refractivity contribution in [2.24, 2.45) is 5.73 Å². The van der Waals surface area contributed by atoms with E-state index < -0.39 is 17.9 Å². The van der Waals surface area contributed by atoms with E-state index in [0.717, 1.165) is 0 Å². The highest BCUT2D eigenvalue weighted by atomic mass is 19.1. The summed E-state index contributed by atoms with van der Waals surface area (Å²) in [7, 11) is 0. The van der Waals surface area contributed by atoms with Crippen LogP contribution in [0.25, 0.3) is 22.5 Å². The van der Waals surface area contributed by atoms with Gasteiger partial charge < -0.3 is 16.2 Å². The first-order chi connectivity index (χ1) is 16.5. The third-order valence-electron chi connectivity index (χ3n) is 5.30. The molecule has 0 aliphatic heterocycles. The molecule has 2 aromatic heterocycles. The summed E-state index contributed by atoms with van der Waals surface area (Å²) in [6.45, 7) is -0.301. The molecule has 2 heterocycles. The minimum atomic E-state index is -0.719. The molecule has 0 fully saturated rings. The fourth-order valence-electron chi connectivity index (χ4n) is 3.65. The monoisotopic (exact) mass is 459 g/mol. The zero-order valence-electron chi connectivity index (χ0n) is 18.0. The highest BCUT2D eigenvalue weighted by Gasteiger charge is 2.23. The molecule has 2 amide bonds. The second-order valence-electron chi connectivity index (χ2n) is 7.64. The number of rotatable bonds is 8. The van der Waals surface area contributed by atoms with Crippen LogP contribution in [0.3, 0.4) is 0 Å². The Labute approximate surface area is 194 Å². The van der Waals surface area contributed by atoms with Crippen molar-refractivity contribution in [1.82, 2.24) is 20.5 Å². The zero-order chi connectivity index (χ0) is 24.1. The van der Waals surface area contributed by atoms with Gasteiger partial charge in [-0.3, -0.25) is 19.7 Å². The number of aromatic amines is 1. The van der Waals surface area contributed by atoms with E-state index in [2.05, 4.69) is 20.5 Å². The Kier molecular flexibility index (Phi) is 6.74. The van der Waals surface area contributed by atoms with E-state index in [1.165, 1.54) is 18.2 Å². The molecule has 8 nitrogen and oxygen atoms in total. The molecule has 0 aliphatic carbocycles. The molecule has 4 aromatic rings. The predicted octanol–water partition coefficient (Wildman–Crippen LogP) is 2.71. The maximum atomic E-state index is 13.3. The number of pyridine rings is 1. The first-order valence-electron chi connectivity index (χ1n) is 10.5. The van der Waals surface area contributed by atoms with E-state index in [1.54, 1.807) is 48.7 Å². The summed E-state index contributed by atoms with van der Waals surface area (Å²) >= 11 is 0. The van der Waals surface area contributed by atoms with Gasteiger partial charge in [0.1, 0.15) is 5.82 Å². The lowest BCUT2D eigenvalue weighted by molar-refractivity contribution is 0.0917. The van der Waals surface area contributed by atoms with Crippen molar-refractivity contribution in [2.75, 3.05) is 6.61 Å². The third-order valence-corrected chi connectivity index (χ3v) is 5.30. The van der Waals surface area contributed by atoms with Gasteiger partial charge in [0.25, 0.3) is 5.91 Å². The normalized spacial score (nSPS) is 11.7. The van der Waals surface area contributed by atoms with Crippen molar-refractivity contribution in [2.45, 2.75) is 12.5 Å². The van der Waals surface area contributed by atoms with Crippen LogP contribution in [0.1, 0.15) is 26.4 Å². The topological polar surface area (TPSA) is 134 Å². The van der Waals surface area contributed by atoms with Gasteiger partial charge in [-0.05, 0) is 60.2 Å². The lowest BCUT2D eigenvalue weighted by Crippen LogP contribution is -2.39. The number of carbonyl (C=O) groups is 2. The number of benzene rings is 2. The van der Waals surface area contributed by atoms with Gasteiger partial charge in [-0.2, -0.15) is 5.10 Å². The van der Waals surface area contributed by atoms with Crippen molar-refractivity contribution >= 4 is 11.8 Å². The minimum Gasteiger partial charge on any atom is -0.394 e. The second kappa shape index (κ2) is 10.1. The standard InChI is InChI=1S/C25H22FN5O3/c26-16-9-7-15(8-10-16)21-13-22(31-30-21)23-19(24(27)33)5-3-6-20(23)25(34)29-18(14-32)12-17-4-1-2-11-28-17/h1-11,13,18,32H,12,14H2,(H2,27,33)(H,29,34)(H,30,31). The molecule has 9 heteroatoms. The molecule has 0 aliphatic rings. The van der Waals surface area contributed by atoms with Crippen LogP contribution in [0.2, 0.25) is 0 Å². The molecule has 4 rings (SSSR count). The largest absolute Gasteiger partial charge is 0.394 e. The number of primary amides is 1. The Morgan fingerprint density at radius 3 is 2.50 bits per heavy atom. The Hall–Kier alpha value is -4.37. The molecule has 0 bridgehead atoms. The number of nitrogens with one attached hydrogen (secondary N) is 2. The lowest BCUT2D eigenvalue weighted by atomic mass is 9.96. The number of nitrogens with zero attached hydrogens (tertiary/aromatic N) is 2. The van der Waals surface area contributed by atoms with E-state index in [-0.39, 0.29) is 29.1 Å². The first-order valence-corrected chi connectivity index (χ1v) is 10.5. The number of H-pyrrole nitrogens is 1. The lowest BCUT2D eigenvalue weighted by Gasteiger charge is -2.18. The smallest absolute Gasteiger partial charge is 0.252 e. The summed E-state index contributed by atoms with van der Waals surface area (Å²) in [5, 5.41) is 19.7. The van der Waals surface area contributed by atoms with E-state index in [1.807, 2.05) is 6.07 Å². The number of aliphatic hydroxyl groups excluding tert-OH is 1. The molecule has 1 unspecified atom stereocenters. The van der Waals surface area contributed by atoms with Crippen LogP contribution in [0, 0.1) is 5.82 Å². The average molecular weight is 459 g/mol. The van der Waals surface area contributed by atoms with Gasteiger partial charge in [-0.1, -0.05) is 12.1 Å². The molecule has 172 valence electrons. The van der Waals surface area contributed by atoms with Gasteiger partial charge in [0, 0.05) is 35.0 Å². The van der Waals surface area contributed by atoms with Gasteiger partial charge in [-0.15, -0.1) is 0 Å². The number of halogens is 1. The van der Waals surface area contributed by atoms with E-state index >= 15 is 0 Å². The first kappa shape index (κ1) is 22.8. The average Bonchev–Trinajstić information content (AvgIpc) is 3.34. The van der Waals surface area contributed by atoms with Crippen LogP contribution in [-0.2, 0) is 6.42 Å². The van der Waals surface area contributed by atoms with Crippen LogP contribution < -0.4 is 11.1 Å². The van der Waals surface area contributed by atoms with Gasteiger partial charge >= 0.3 is 0 Å². The number of hydrogen-bond acceptors (Lipinski definition) is 5. The van der Waals surface area contributed by atoms with Gasteiger partial charge in [-0.25, -0.2) is 4.39 Å². The Morgan fingerprint density at radius 1 is 1.06 bits per heavy atom. The van der Waals surface area contributed by atoms with Gasteiger partial charge in [0.05, 0.1) is 24.0 Å². The maximum absolute atomic E-state index is 13.3. The van der Waals surface area contributed by atoms with Gasteiger partial charge in [0.2, 0.25) is 5.91 Å². The Balaban J connectivity index is 1.68. The number of nitrogens with two attached hydrogens (primary N) is 1. The number of amides is 2. The third kappa shape index (κ3) is 5.00. The molecular formula is C25H22FN5O3. The molecule has 2 aromatic carbocycles. The Bertz CT molecular complexity index is 1310. The molecule has 0 radical (unpaired) electrons. The summed E-state index contributed by atoms with van der Waals surface area (Å²) in [6.07, 6.45) is 1.96. The zero-order valence-corrected chi connectivity index (χ0v) is 18.0. The highest BCUT2D eigenvalue weighted by Crippen LogP contribution is 2.30. The number of carbonyl (C=O) groups excluding carboxylic acids is 2. The van der Waals surface area contributed by atoms with Crippen molar-refractivity contribution in [3.8, 4) is 22.5 Å². The molecule has 34 heavy (non-hydrogen) atoms. The summed E-state index contributed by atoms with van der Waals surface area (Å²) in [5.41, 5.74) is 8.42. The molecule has 0 saturated heterocycles. The number of aromatic nitrogens is 3. The second-order valence-corrected chi connectivity index (χ2v) is 7.64. The van der Waals surface area contributed by atoms with Crippen molar-refractivity contribution in [1.29, 1.82) is 0 Å². The van der Waals surface area contributed by atoms with Crippen LogP contribution in [0.4, 0.5) is 4.39 Å². The summed E-state index contributed by atoms with van der Waals surface area (Å²) in [4.78, 5) is 29.6. The van der Waals surface area contributed by atoms with Crippen molar-refractivity contribution in [3.05, 3.63) is 95.6 Å². The highest BCUT2D eigenvalue weighted by molar-refractivity contribution is 6.08. The van der Waals surface area contributed by atoms with Gasteiger partial charge in [0.15, 0.2) is 0 Å². The summed E-state index contributed by atoms with van der Waals surface area (Å²) < 4.78 is 13.3. The molecule has 0 spiro atoms. The quantitative estimate of drug-likeness (QED) is 0.321. The molecule has 5 N–H and O–H groups in total. The predicted molar refractivity (Wildman–Crippen MR) is 124 cm³/mol. The Morgan fingerprint density at radius 2 is 1.82 bits per heavy atom. The van der Waals surface area contributed by atoms with Crippen LogP contribution in [0.5, 0.6) is 0 Å². The van der Waals surface area contributed by atoms with Crippen molar-refractivity contribution in [3.63, 3.8) is 0 Å². The number of hydrogen-bond donors (Lipinski definition) is 4. The molecule has 1 atom stereocenters. The van der Waals surface area contributed by atoms with E-state index in [0.29, 0.717) is 29.1 Å². The SMILES string of the molecule is NC(=O)c1cccc(C(=O)NC(CO)Cc2ccccn2)c1-c1cc(-c2ccc(F)cc2)[nH]n1. The maximum Gasteiger partial charge on any atom is 0.252 e. The van der Waals surface area contributed by atoms with Crippen LogP contribution >= 0.6 is 0 Å². The minimum absolute atomic E-state index is 0.120. The van der Waals surface area contributed by atoms with Crippen LogP contribution in [0.15, 0.2) is 72.9 Å². The number of aliphatic hydroxyl groups is 1. The molecule has 0 saturated carbocycles. The van der Waals surface area contributed by atoms with Crippen LogP contribution in [-0.4, -0.2) is 44.8 Å². The van der Waals surface area contributed by atoms with Crippen molar-refractivity contribution < 1.29 is 19.1 Å². The fraction of sp³-hybridized carbons (Fsp3) is 0.120. The summed E-state index contributed by atoms with van der Waals surface area (Å²) in [6, 6.07) is 16.9. The van der Waals surface area contributed by atoms with E-state index in [4.69, 9.17) is 5.73 Å².